The van der Waals surface area contributed by atoms with Crippen molar-refractivity contribution in [3.8, 4) is 0 Å². The van der Waals surface area contributed by atoms with E-state index in [9.17, 15) is 4.79 Å². The minimum absolute atomic E-state index is 0.265. The molecule has 88 valence electrons. The zero-order valence-electron chi connectivity index (χ0n) is 9.37. The lowest BCUT2D eigenvalue weighted by Crippen LogP contribution is -2.27. The van der Waals surface area contributed by atoms with Crippen molar-refractivity contribution < 1.29 is 14.3 Å². The average Bonchev–Trinajstić information content (AvgIpc) is 2.26. The fourth-order valence-electron chi connectivity index (χ4n) is 1.81. The monoisotopic (exact) mass is 278 g/mol. The van der Waals surface area contributed by atoms with E-state index in [0.29, 0.717) is 12.7 Å². The van der Waals surface area contributed by atoms with Gasteiger partial charge in [-0.2, -0.15) is 0 Å². The minimum Gasteiger partial charge on any atom is -0.468 e. The molecule has 1 atom stereocenters. The SMILES string of the molecule is COC(=O)C(Br)COC1CCC(C)CC1. The summed E-state index contributed by atoms with van der Waals surface area (Å²) in [5.41, 5.74) is 0. The Balaban J connectivity index is 2.17. The minimum atomic E-state index is -0.332. The second-order valence-corrected chi connectivity index (χ2v) is 5.31. The fourth-order valence-corrected chi connectivity index (χ4v) is 2.15. The summed E-state index contributed by atoms with van der Waals surface area (Å²) in [4.78, 5) is 10.8. The number of carbonyl (C=O) groups is 1. The molecule has 1 fully saturated rings. The van der Waals surface area contributed by atoms with Crippen molar-refractivity contribution in [2.45, 2.75) is 43.5 Å². The number of alkyl halides is 1. The van der Waals surface area contributed by atoms with E-state index in [0.717, 1.165) is 18.8 Å². The highest BCUT2D eigenvalue weighted by Gasteiger charge is 2.21. The number of carbonyl (C=O) groups excluding carboxylic acids is 1. The van der Waals surface area contributed by atoms with Crippen molar-refractivity contribution in [3.05, 3.63) is 0 Å². The summed E-state index contributed by atoms with van der Waals surface area (Å²) in [6, 6.07) is 0. The Morgan fingerprint density at radius 3 is 2.53 bits per heavy atom. The largest absolute Gasteiger partial charge is 0.468 e. The second kappa shape index (κ2) is 6.48. The molecule has 0 aliphatic heterocycles. The molecule has 0 radical (unpaired) electrons. The van der Waals surface area contributed by atoms with E-state index >= 15 is 0 Å². The lowest BCUT2D eigenvalue weighted by Gasteiger charge is -2.26. The topological polar surface area (TPSA) is 35.5 Å². The van der Waals surface area contributed by atoms with Crippen molar-refractivity contribution in [1.82, 2.24) is 0 Å². The van der Waals surface area contributed by atoms with Gasteiger partial charge in [0.05, 0.1) is 19.8 Å². The maximum atomic E-state index is 11.1. The molecule has 0 amide bonds. The Kier molecular flexibility index (Phi) is 5.61. The van der Waals surface area contributed by atoms with Crippen LogP contribution in [0.2, 0.25) is 0 Å². The standard InChI is InChI=1S/C11H19BrO3/c1-8-3-5-9(6-4-8)15-7-10(12)11(13)14-2/h8-10H,3-7H2,1-2H3. The van der Waals surface area contributed by atoms with Crippen LogP contribution < -0.4 is 0 Å². The Hall–Kier alpha value is -0.0900. The zero-order chi connectivity index (χ0) is 11.3. The first-order valence-corrected chi connectivity index (χ1v) is 6.38. The maximum absolute atomic E-state index is 11.1. The predicted molar refractivity (Wildman–Crippen MR) is 62.1 cm³/mol. The van der Waals surface area contributed by atoms with E-state index < -0.39 is 0 Å². The molecular weight excluding hydrogens is 260 g/mol. The maximum Gasteiger partial charge on any atom is 0.321 e. The first-order valence-electron chi connectivity index (χ1n) is 5.47. The molecule has 4 heteroatoms. The van der Waals surface area contributed by atoms with Crippen LogP contribution in [0.1, 0.15) is 32.6 Å². The molecule has 0 N–H and O–H groups in total. The molecule has 0 bridgehead atoms. The third kappa shape index (κ3) is 4.51. The van der Waals surface area contributed by atoms with Crippen molar-refractivity contribution >= 4 is 21.9 Å². The molecule has 1 rings (SSSR count). The molecule has 1 aliphatic rings. The van der Waals surface area contributed by atoms with E-state index in [1.54, 1.807) is 0 Å². The van der Waals surface area contributed by atoms with Gasteiger partial charge in [0.2, 0.25) is 0 Å². The number of hydrogen-bond donors (Lipinski definition) is 0. The smallest absolute Gasteiger partial charge is 0.321 e. The van der Waals surface area contributed by atoms with E-state index in [2.05, 4.69) is 27.6 Å². The molecule has 0 aromatic rings. The van der Waals surface area contributed by atoms with E-state index in [1.807, 2.05) is 0 Å². The summed E-state index contributed by atoms with van der Waals surface area (Å²) in [6.45, 7) is 2.68. The van der Waals surface area contributed by atoms with Crippen molar-refractivity contribution in [3.63, 3.8) is 0 Å². The molecule has 15 heavy (non-hydrogen) atoms. The highest BCUT2D eigenvalue weighted by Crippen LogP contribution is 2.25. The van der Waals surface area contributed by atoms with Crippen LogP contribution in [0.15, 0.2) is 0 Å². The molecular formula is C11H19BrO3. The van der Waals surface area contributed by atoms with Gasteiger partial charge in [0.25, 0.3) is 0 Å². The number of halogens is 1. The first kappa shape index (κ1) is 13.0. The Morgan fingerprint density at radius 2 is 2.00 bits per heavy atom. The van der Waals surface area contributed by atoms with Gasteiger partial charge in [-0.25, -0.2) is 0 Å². The van der Waals surface area contributed by atoms with Gasteiger partial charge < -0.3 is 9.47 Å². The van der Waals surface area contributed by atoms with Gasteiger partial charge in [0.1, 0.15) is 4.83 Å². The summed E-state index contributed by atoms with van der Waals surface area (Å²) >= 11 is 3.24. The van der Waals surface area contributed by atoms with Gasteiger partial charge in [-0.15, -0.1) is 0 Å². The number of methoxy groups -OCH3 is 1. The average molecular weight is 279 g/mol. The summed E-state index contributed by atoms with van der Waals surface area (Å²) in [6.07, 6.45) is 5.02. The number of rotatable bonds is 4. The summed E-state index contributed by atoms with van der Waals surface area (Å²) in [5, 5.41) is 0. The van der Waals surface area contributed by atoms with Crippen molar-refractivity contribution in [1.29, 1.82) is 0 Å². The van der Waals surface area contributed by atoms with Crippen LogP contribution in [0.5, 0.6) is 0 Å². The van der Waals surface area contributed by atoms with Crippen LogP contribution in [-0.2, 0) is 14.3 Å². The van der Waals surface area contributed by atoms with Crippen LogP contribution in [0.3, 0.4) is 0 Å². The van der Waals surface area contributed by atoms with E-state index in [4.69, 9.17) is 4.74 Å². The van der Waals surface area contributed by atoms with Gasteiger partial charge >= 0.3 is 5.97 Å². The quantitative estimate of drug-likeness (QED) is 0.586. The number of hydrogen-bond acceptors (Lipinski definition) is 3. The van der Waals surface area contributed by atoms with Gasteiger partial charge in [0.15, 0.2) is 0 Å². The number of esters is 1. The van der Waals surface area contributed by atoms with Gasteiger partial charge in [0, 0.05) is 0 Å². The van der Waals surface area contributed by atoms with Gasteiger partial charge in [-0.05, 0) is 31.6 Å². The normalized spacial score (nSPS) is 28.5. The molecule has 1 saturated carbocycles. The Morgan fingerprint density at radius 1 is 1.40 bits per heavy atom. The van der Waals surface area contributed by atoms with Crippen LogP contribution >= 0.6 is 15.9 Å². The van der Waals surface area contributed by atoms with Crippen LogP contribution in [-0.4, -0.2) is 30.6 Å². The zero-order valence-corrected chi connectivity index (χ0v) is 11.0. The lowest BCUT2D eigenvalue weighted by atomic mass is 9.89. The van der Waals surface area contributed by atoms with Crippen molar-refractivity contribution in [2.24, 2.45) is 5.92 Å². The Labute approximate surface area is 99.6 Å². The molecule has 0 heterocycles. The third-order valence-electron chi connectivity index (χ3n) is 2.90. The van der Waals surface area contributed by atoms with Crippen LogP contribution in [0.25, 0.3) is 0 Å². The van der Waals surface area contributed by atoms with Crippen LogP contribution in [0.4, 0.5) is 0 Å². The highest BCUT2D eigenvalue weighted by atomic mass is 79.9. The predicted octanol–water partition coefficient (Wildman–Crippen LogP) is 2.52. The van der Waals surface area contributed by atoms with E-state index in [1.165, 1.54) is 20.0 Å². The summed E-state index contributed by atoms with van der Waals surface area (Å²) < 4.78 is 10.3. The number of ether oxygens (including phenoxy) is 2. The van der Waals surface area contributed by atoms with Gasteiger partial charge in [-0.1, -0.05) is 22.9 Å². The molecule has 0 saturated heterocycles. The highest BCUT2D eigenvalue weighted by molar-refractivity contribution is 9.10. The fraction of sp³-hybridized carbons (Fsp3) is 0.909. The summed E-state index contributed by atoms with van der Waals surface area (Å²) in [5.74, 6) is 0.560. The molecule has 1 unspecified atom stereocenters. The molecule has 0 spiro atoms. The van der Waals surface area contributed by atoms with Crippen molar-refractivity contribution in [2.75, 3.05) is 13.7 Å². The summed E-state index contributed by atoms with van der Waals surface area (Å²) in [7, 11) is 1.39. The third-order valence-corrected chi connectivity index (χ3v) is 3.54. The lowest BCUT2D eigenvalue weighted by molar-refractivity contribution is -0.141. The molecule has 0 aromatic heterocycles. The molecule has 1 aliphatic carbocycles. The Bertz CT molecular complexity index is 200. The molecule has 3 nitrogen and oxygen atoms in total. The second-order valence-electron chi connectivity index (χ2n) is 4.21. The van der Waals surface area contributed by atoms with Gasteiger partial charge in [-0.3, -0.25) is 4.79 Å². The first-order chi connectivity index (χ1) is 7.13. The van der Waals surface area contributed by atoms with Crippen LogP contribution in [0, 0.1) is 5.92 Å². The molecule has 0 aromatic carbocycles. The van der Waals surface area contributed by atoms with E-state index in [-0.39, 0.29) is 10.8 Å².